The average Bonchev–Trinajstić information content (AvgIpc) is 2.74. The maximum absolute atomic E-state index is 11.7. The molecule has 0 saturated carbocycles. The van der Waals surface area contributed by atoms with Crippen LogP contribution in [-0.2, 0) is 26.7 Å². The van der Waals surface area contributed by atoms with Crippen LogP contribution in [0.2, 0.25) is 0 Å². The van der Waals surface area contributed by atoms with Gasteiger partial charge in [0, 0.05) is 12.1 Å². The molecule has 33 heavy (non-hydrogen) atoms. The van der Waals surface area contributed by atoms with Crippen molar-refractivity contribution in [3.63, 3.8) is 0 Å². The van der Waals surface area contributed by atoms with Gasteiger partial charge >= 0.3 is 0 Å². The Kier molecular flexibility index (Phi) is 10.8. The molecular formula is C24H34O7S2. The molecule has 2 aromatic carbocycles. The molecule has 0 aliphatic carbocycles. The lowest BCUT2D eigenvalue weighted by atomic mass is 10.0. The van der Waals surface area contributed by atoms with Crippen LogP contribution in [0.15, 0.2) is 52.3 Å². The number of hydrogen-bond acceptors (Lipinski definition) is 5. The molecule has 0 atom stereocenters. The molecule has 0 aliphatic heterocycles. The smallest absolute Gasteiger partial charge is 0.294 e. The zero-order valence-corrected chi connectivity index (χ0v) is 20.7. The fourth-order valence-corrected chi connectivity index (χ4v) is 4.71. The highest BCUT2D eigenvalue weighted by molar-refractivity contribution is 7.86. The van der Waals surface area contributed by atoms with Crippen LogP contribution < -0.4 is 4.74 Å². The van der Waals surface area contributed by atoms with Gasteiger partial charge in [0.1, 0.15) is 11.5 Å². The van der Waals surface area contributed by atoms with Gasteiger partial charge in [-0.2, -0.15) is 16.8 Å². The topological polar surface area (TPSA) is 118 Å². The molecular weight excluding hydrogens is 464 g/mol. The van der Waals surface area contributed by atoms with Crippen LogP contribution >= 0.6 is 0 Å². The van der Waals surface area contributed by atoms with Crippen LogP contribution in [0, 0.1) is 0 Å². The Hall–Kier alpha value is -1.94. The van der Waals surface area contributed by atoms with Gasteiger partial charge in [0.25, 0.3) is 20.2 Å². The van der Waals surface area contributed by atoms with Crippen molar-refractivity contribution in [2.75, 3.05) is 0 Å². The second-order valence-electron chi connectivity index (χ2n) is 8.27. The Bertz CT molecular complexity index is 1090. The summed E-state index contributed by atoms with van der Waals surface area (Å²) in [5, 5.41) is 0. The van der Waals surface area contributed by atoms with E-state index in [1.807, 2.05) is 0 Å². The number of benzene rings is 2. The van der Waals surface area contributed by atoms with Crippen molar-refractivity contribution in [1.82, 2.24) is 0 Å². The molecule has 0 aliphatic rings. The van der Waals surface area contributed by atoms with Gasteiger partial charge in [-0.25, -0.2) is 0 Å². The van der Waals surface area contributed by atoms with Gasteiger partial charge in [0.15, 0.2) is 0 Å². The van der Waals surface area contributed by atoms with Crippen LogP contribution in [0.5, 0.6) is 11.5 Å². The van der Waals surface area contributed by atoms with Crippen molar-refractivity contribution in [2.45, 2.75) is 87.3 Å². The maximum Gasteiger partial charge on any atom is 0.294 e. The van der Waals surface area contributed by atoms with Gasteiger partial charge in [-0.15, -0.1) is 0 Å². The van der Waals surface area contributed by atoms with Crippen molar-refractivity contribution >= 4 is 20.2 Å². The van der Waals surface area contributed by atoms with E-state index < -0.39 is 20.2 Å². The Labute approximate surface area is 197 Å². The van der Waals surface area contributed by atoms with E-state index in [9.17, 15) is 25.9 Å². The minimum absolute atomic E-state index is 0.113. The molecule has 0 fully saturated rings. The Morgan fingerprint density at radius 1 is 0.667 bits per heavy atom. The first-order chi connectivity index (χ1) is 15.6. The number of ether oxygens (including phenoxy) is 1. The van der Waals surface area contributed by atoms with Gasteiger partial charge in [-0.05, 0) is 42.7 Å². The molecule has 0 saturated heterocycles. The molecule has 0 unspecified atom stereocenters. The molecule has 7 nitrogen and oxygen atoms in total. The predicted octanol–water partition coefficient (Wildman–Crippen LogP) is 6.44. The van der Waals surface area contributed by atoms with Crippen LogP contribution in [0.25, 0.3) is 0 Å². The third-order valence-corrected chi connectivity index (χ3v) is 7.08. The lowest BCUT2D eigenvalue weighted by Crippen LogP contribution is -2.01. The summed E-state index contributed by atoms with van der Waals surface area (Å²) in [7, 11) is -8.84. The summed E-state index contributed by atoms with van der Waals surface area (Å²) in [5.41, 5.74) is 0.700. The van der Waals surface area contributed by atoms with E-state index in [1.54, 1.807) is 6.07 Å². The van der Waals surface area contributed by atoms with Crippen LogP contribution in [0.1, 0.15) is 76.7 Å². The summed E-state index contributed by atoms with van der Waals surface area (Å²) in [6.45, 7) is 2.21. The van der Waals surface area contributed by atoms with E-state index in [0.29, 0.717) is 12.0 Å². The molecule has 0 heterocycles. The van der Waals surface area contributed by atoms with E-state index in [4.69, 9.17) is 4.74 Å². The molecule has 2 N–H and O–H groups in total. The van der Waals surface area contributed by atoms with Crippen LogP contribution in [-0.4, -0.2) is 25.9 Å². The molecule has 0 bridgehead atoms. The van der Waals surface area contributed by atoms with Crippen LogP contribution in [0.4, 0.5) is 0 Å². The second kappa shape index (κ2) is 13.1. The van der Waals surface area contributed by atoms with E-state index in [1.165, 1.54) is 75.3 Å². The van der Waals surface area contributed by atoms with Crippen molar-refractivity contribution in [3.05, 3.63) is 48.0 Å². The molecule has 0 radical (unpaired) electrons. The first-order valence-corrected chi connectivity index (χ1v) is 14.3. The van der Waals surface area contributed by atoms with Crippen molar-refractivity contribution < 1.29 is 30.7 Å². The van der Waals surface area contributed by atoms with E-state index in [2.05, 4.69) is 6.92 Å². The lowest BCUT2D eigenvalue weighted by molar-refractivity contribution is 0.466. The zero-order chi connectivity index (χ0) is 24.3. The highest BCUT2D eigenvalue weighted by Gasteiger charge is 2.15. The maximum atomic E-state index is 11.7. The Morgan fingerprint density at radius 2 is 1.21 bits per heavy atom. The van der Waals surface area contributed by atoms with E-state index in [0.717, 1.165) is 25.3 Å². The normalized spacial score (nSPS) is 12.1. The monoisotopic (exact) mass is 498 g/mol. The number of rotatable bonds is 15. The van der Waals surface area contributed by atoms with Gasteiger partial charge < -0.3 is 4.74 Å². The third-order valence-electron chi connectivity index (χ3n) is 5.40. The number of hydrogen-bond donors (Lipinski definition) is 2. The third kappa shape index (κ3) is 10.2. The first-order valence-electron chi connectivity index (χ1n) is 11.5. The zero-order valence-electron chi connectivity index (χ0n) is 19.1. The van der Waals surface area contributed by atoms with Crippen molar-refractivity contribution in [2.24, 2.45) is 0 Å². The summed E-state index contributed by atoms with van der Waals surface area (Å²) in [6.07, 6.45) is 12.5. The highest BCUT2D eigenvalue weighted by atomic mass is 32.2. The first kappa shape index (κ1) is 27.3. The van der Waals surface area contributed by atoms with Gasteiger partial charge in [0.05, 0.1) is 9.79 Å². The molecule has 2 rings (SSSR count). The van der Waals surface area contributed by atoms with Crippen molar-refractivity contribution in [1.29, 1.82) is 0 Å². The van der Waals surface area contributed by atoms with Gasteiger partial charge in [0.2, 0.25) is 0 Å². The SMILES string of the molecule is CCCCCCCCCCCCc1cc(Oc2cccc(S(=O)(=O)O)c2)cc(S(=O)(=O)O)c1. The summed E-state index contributed by atoms with van der Waals surface area (Å²) < 4.78 is 70.4. The quantitative estimate of drug-likeness (QED) is 0.214. The fourth-order valence-electron chi connectivity index (χ4n) is 3.63. The molecule has 0 amide bonds. The standard InChI is InChI=1S/C24H34O7S2/c1-2-3-4-5-6-7-8-9-10-11-13-20-16-22(19-24(17-20)33(28,29)30)31-21-14-12-15-23(18-21)32(25,26)27/h12,14-19H,2-11,13H2,1H3,(H,25,26,27)(H,28,29,30). The van der Waals surface area contributed by atoms with Crippen LogP contribution in [0.3, 0.4) is 0 Å². The molecule has 9 heteroatoms. The highest BCUT2D eigenvalue weighted by Crippen LogP contribution is 2.28. The molecule has 184 valence electrons. The summed E-state index contributed by atoms with van der Waals surface area (Å²) in [4.78, 5) is -0.621. The summed E-state index contributed by atoms with van der Waals surface area (Å²) in [5.74, 6) is 0.266. The van der Waals surface area contributed by atoms with E-state index >= 15 is 0 Å². The minimum Gasteiger partial charge on any atom is -0.457 e. The number of unbranched alkanes of at least 4 members (excludes halogenated alkanes) is 9. The minimum atomic E-state index is -4.44. The summed E-state index contributed by atoms with van der Waals surface area (Å²) in [6, 6.07) is 9.50. The molecule has 0 aromatic heterocycles. The lowest BCUT2D eigenvalue weighted by Gasteiger charge is -2.11. The summed E-state index contributed by atoms with van der Waals surface area (Å²) >= 11 is 0. The predicted molar refractivity (Wildman–Crippen MR) is 128 cm³/mol. The Balaban J connectivity index is 1.97. The molecule has 2 aromatic rings. The van der Waals surface area contributed by atoms with Gasteiger partial charge in [-0.1, -0.05) is 70.8 Å². The number of aryl methyl sites for hydroxylation is 1. The van der Waals surface area contributed by atoms with Crippen molar-refractivity contribution in [3.8, 4) is 11.5 Å². The average molecular weight is 499 g/mol. The largest absolute Gasteiger partial charge is 0.457 e. The van der Waals surface area contributed by atoms with E-state index in [-0.39, 0.29) is 21.3 Å². The fraction of sp³-hybridized carbons (Fsp3) is 0.500. The Morgan fingerprint density at radius 3 is 1.79 bits per heavy atom. The second-order valence-corrected chi connectivity index (χ2v) is 11.1. The molecule has 0 spiro atoms. The van der Waals surface area contributed by atoms with Gasteiger partial charge in [-0.3, -0.25) is 9.11 Å².